The summed E-state index contributed by atoms with van der Waals surface area (Å²) in [5.41, 5.74) is 0.954. The summed E-state index contributed by atoms with van der Waals surface area (Å²) in [4.78, 5) is 101. The van der Waals surface area contributed by atoms with E-state index >= 15 is 0 Å². The molecule has 22 nitrogen and oxygen atoms in total. The minimum Gasteiger partial charge on any atom is -0.456 e. The number of hydrogen-bond donors (Lipinski definition) is 3. The molecule has 4 amide bonds. The molecule has 332 valence electrons. The first-order valence-electron chi connectivity index (χ1n) is 19.4. The van der Waals surface area contributed by atoms with Crippen LogP contribution in [-0.2, 0) is 48.4 Å². The predicted octanol–water partition coefficient (Wildman–Crippen LogP) is 4.08. The Hall–Kier alpha value is -7.14. The number of β-lactam (4-membered cyclic amide) rings is 1. The number of likely N-dealkylation sites (tertiary alicyclic amines) is 1. The number of nitrogens with one attached hydrogen (secondary N) is 2. The van der Waals surface area contributed by atoms with Crippen LogP contribution in [0.3, 0.4) is 0 Å². The van der Waals surface area contributed by atoms with Crippen molar-refractivity contribution >= 4 is 58.8 Å². The highest BCUT2D eigenvalue weighted by Gasteiger charge is 2.60. The van der Waals surface area contributed by atoms with Crippen LogP contribution >= 0.6 is 11.8 Å². The van der Waals surface area contributed by atoms with Gasteiger partial charge in [0.1, 0.15) is 25.5 Å². The van der Waals surface area contributed by atoms with Gasteiger partial charge in [-0.15, -0.1) is 11.8 Å². The SMILES string of the molecule is C[C@@H](O)[C@H]1C(=O)N2C(C(=O)OCc3ccc([N+](=O)[O-])cc3)=C(S[C@H]3C[C@@H](CNC(=O)CNC(=O)OCc4ccc([N+](=O)[O-])cc4)N(C(=O)OCc4ccc([N+](=O)[O-])cc4)C3)[C@H](C)[C@H]12. The molecule has 0 bridgehead atoms. The van der Waals surface area contributed by atoms with Crippen LogP contribution in [0.1, 0.15) is 37.0 Å². The molecule has 3 aliphatic heterocycles. The summed E-state index contributed by atoms with van der Waals surface area (Å²) in [5.74, 6) is -3.16. The van der Waals surface area contributed by atoms with Crippen molar-refractivity contribution < 1.29 is 58.1 Å². The van der Waals surface area contributed by atoms with E-state index in [1.165, 1.54) is 101 Å². The Bertz CT molecular complexity index is 2310. The average Bonchev–Trinajstić information content (AvgIpc) is 3.78. The highest BCUT2D eigenvalue weighted by atomic mass is 32.2. The van der Waals surface area contributed by atoms with Crippen LogP contribution < -0.4 is 10.6 Å². The number of rotatable bonds is 17. The minimum atomic E-state index is -1.02. The van der Waals surface area contributed by atoms with Gasteiger partial charge in [-0.3, -0.25) is 39.9 Å². The van der Waals surface area contributed by atoms with E-state index in [1.807, 2.05) is 6.92 Å². The fourth-order valence-corrected chi connectivity index (χ4v) is 9.02. The van der Waals surface area contributed by atoms with E-state index in [2.05, 4.69) is 10.6 Å². The predicted molar refractivity (Wildman–Crippen MR) is 219 cm³/mol. The highest BCUT2D eigenvalue weighted by molar-refractivity contribution is 8.03. The molecule has 2 fully saturated rings. The van der Waals surface area contributed by atoms with E-state index in [0.717, 1.165) is 0 Å². The number of ether oxygens (including phenoxy) is 3. The summed E-state index contributed by atoms with van der Waals surface area (Å²) in [6.07, 6.45) is -2.47. The Balaban J connectivity index is 1.14. The van der Waals surface area contributed by atoms with Gasteiger partial charge in [-0.05, 0) is 66.4 Å². The van der Waals surface area contributed by atoms with Crippen LogP contribution in [0.4, 0.5) is 26.7 Å². The zero-order valence-electron chi connectivity index (χ0n) is 33.6. The van der Waals surface area contributed by atoms with Crippen LogP contribution in [0.15, 0.2) is 83.4 Å². The molecule has 6 atom stereocenters. The number of thioether (sulfide) groups is 1. The minimum absolute atomic E-state index is 0.0168. The summed E-state index contributed by atoms with van der Waals surface area (Å²) >= 11 is 1.24. The molecule has 0 aliphatic carbocycles. The van der Waals surface area contributed by atoms with Crippen molar-refractivity contribution in [3.63, 3.8) is 0 Å². The lowest BCUT2D eigenvalue weighted by Gasteiger charge is -2.46. The molecule has 0 unspecified atom stereocenters. The molecular weight excluding hydrogens is 851 g/mol. The molecule has 3 N–H and O–H groups in total. The lowest BCUT2D eigenvalue weighted by Crippen LogP contribution is -2.63. The maximum Gasteiger partial charge on any atom is 0.410 e. The van der Waals surface area contributed by atoms with Crippen LogP contribution in [0.5, 0.6) is 0 Å². The normalized spacial score (nSPS) is 20.6. The Labute approximate surface area is 362 Å². The molecule has 0 radical (unpaired) electrons. The van der Waals surface area contributed by atoms with E-state index < -0.39 is 86.6 Å². The Morgan fingerprint density at radius 1 is 0.794 bits per heavy atom. The topological polar surface area (TPSA) is 293 Å². The fraction of sp³-hybridized carbons (Fsp3) is 0.375. The Morgan fingerprint density at radius 3 is 1.78 bits per heavy atom. The second-order valence-corrected chi connectivity index (χ2v) is 16.2. The van der Waals surface area contributed by atoms with Crippen molar-refractivity contribution in [1.82, 2.24) is 20.4 Å². The molecule has 3 heterocycles. The number of non-ortho nitro benzene ring substituents is 3. The van der Waals surface area contributed by atoms with E-state index in [-0.39, 0.29) is 62.1 Å². The molecule has 0 saturated carbocycles. The quantitative estimate of drug-likeness (QED) is 0.0565. The van der Waals surface area contributed by atoms with Crippen molar-refractivity contribution in [2.45, 2.75) is 63.5 Å². The number of benzene rings is 3. The van der Waals surface area contributed by atoms with Crippen LogP contribution in [0.25, 0.3) is 0 Å². The molecule has 3 aromatic rings. The number of nitro groups is 3. The molecule has 6 rings (SSSR count). The van der Waals surface area contributed by atoms with Gasteiger partial charge in [-0.2, -0.15) is 0 Å². The molecular formula is C40H41N7O15S. The monoisotopic (exact) mass is 891 g/mol. The first-order valence-corrected chi connectivity index (χ1v) is 20.3. The number of nitro benzene ring substituents is 3. The number of aliphatic hydroxyl groups is 1. The summed E-state index contributed by atoms with van der Waals surface area (Å²) in [7, 11) is 0. The molecule has 23 heteroatoms. The third kappa shape index (κ3) is 10.7. The zero-order chi connectivity index (χ0) is 45.5. The van der Waals surface area contributed by atoms with Gasteiger partial charge in [0.15, 0.2) is 0 Å². The first kappa shape index (κ1) is 45.4. The Morgan fingerprint density at radius 2 is 1.29 bits per heavy atom. The summed E-state index contributed by atoms with van der Waals surface area (Å²) in [5, 5.41) is 48.1. The van der Waals surface area contributed by atoms with Crippen LogP contribution in [-0.4, -0.2) is 103 Å². The first-order chi connectivity index (χ1) is 30.0. The maximum absolute atomic E-state index is 13.8. The molecule has 63 heavy (non-hydrogen) atoms. The fourth-order valence-electron chi connectivity index (χ4n) is 7.46. The van der Waals surface area contributed by atoms with Gasteiger partial charge >= 0.3 is 18.2 Å². The summed E-state index contributed by atoms with van der Waals surface area (Å²) < 4.78 is 16.3. The molecule has 3 aromatic carbocycles. The number of aliphatic hydroxyl groups excluding tert-OH is 1. The smallest absolute Gasteiger partial charge is 0.410 e. The van der Waals surface area contributed by atoms with Crippen LogP contribution in [0, 0.1) is 42.2 Å². The number of esters is 1. The largest absolute Gasteiger partial charge is 0.456 e. The summed E-state index contributed by atoms with van der Waals surface area (Å²) in [6, 6.07) is 14.9. The molecule has 2 saturated heterocycles. The number of hydrogen-bond acceptors (Lipinski definition) is 16. The van der Waals surface area contributed by atoms with Crippen molar-refractivity contribution in [3.05, 3.63) is 130 Å². The van der Waals surface area contributed by atoms with E-state index in [0.29, 0.717) is 21.6 Å². The van der Waals surface area contributed by atoms with Gasteiger partial charge in [0.25, 0.3) is 17.1 Å². The van der Waals surface area contributed by atoms with Crippen molar-refractivity contribution in [1.29, 1.82) is 0 Å². The van der Waals surface area contributed by atoms with Crippen molar-refractivity contribution in [2.75, 3.05) is 19.6 Å². The number of fused-ring (bicyclic) bond motifs is 1. The number of alkyl carbamates (subject to hydrolysis) is 1. The number of carbonyl (C=O) groups excluding carboxylic acids is 5. The number of carbonyl (C=O) groups is 5. The van der Waals surface area contributed by atoms with Crippen molar-refractivity contribution in [3.8, 4) is 0 Å². The molecule has 0 aromatic heterocycles. The second-order valence-electron chi connectivity index (χ2n) is 14.9. The average molecular weight is 892 g/mol. The van der Waals surface area contributed by atoms with Crippen LogP contribution in [0.2, 0.25) is 0 Å². The Kier molecular flexibility index (Phi) is 14.2. The highest BCUT2D eigenvalue weighted by Crippen LogP contribution is 2.52. The standard InChI is InChI=1S/C40H41N7O15S/c1-22-34-33(23(2)48)37(50)44(34)35(38(51)60-19-24-3-9-27(10-4-24)45(54)55)36(22)63-31-15-30(43(18-31)40(53)62-21-26-7-13-29(14-8-26)47(58)59)16-41-32(49)17-42-39(52)61-20-25-5-11-28(12-6-25)46(56)57/h3-14,22-23,30-31,33-34,48H,15-21H2,1-2H3,(H,41,49)(H,42,52)/t22-,23-,30+,31+,33-,34-/m1/s1. The number of amides is 4. The molecule has 3 aliphatic rings. The van der Waals surface area contributed by atoms with Crippen molar-refractivity contribution in [2.24, 2.45) is 11.8 Å². The van der Waals surface area contributed by atoms with Gasteiger partial charge in [-0.1, -0.05) is 6.92 Å². The lowest BCUT2D eigenvalue weighted by atomic mass is 9.79. The third-order valence-electron chi connectivity index (χ3n) is 10.7. The maximum atomic E-state index is 13.8. The van der Waals surface area contributed by atoms with Gasteiger partial charge in [0, 0.05) is 65.6 Å². The van der Waals surface area contributed by atoms with Gasteiger partial charge < -0.3 is 39.8 Å². The van der Waals surface area contributed by atoms with E-state index in [4.69, 9.17) is 14.2 Å². The van der Waals surface area contributed by atoms with E-state index in [9.17, 15) is 59.4 Å². The lowest BCUT2D eigenvalue weighted by molar-refractivity contribution is -0.385. The van der Waals surface area contributed by atoms with Gasteiger partial charge in [0.2, 0.25) is 11.8 Å². The van der Waals surface area contributed by atoms with Gasteiger partial charge in [0.05, 0.1) is 45.4 Å². The summed E-state index contributed by atoms with van der Waals surface area (Å²) in [6.45, 7) is 2.04. The second kappa shape index (κ2) is 19.7. The van der Waals surface area contributed by atoms with E-state index in [1.54, 1.807) is 0 Å². The number of nitrogens with zero attached hydrogens (tertiary/aromatic N) is 5. The van der Waals surface area contributed by atoms with Gasteiger partial charge in [-0.25, -0.2) is 14.4 Å². The molecule has 0 spiro atoms. The zero-order valence-corrected chi connectivity index (χ0v) is 34.5. The third-order valence-corrected chi connectivity index (χ3v) is 12.2.